The van der Waals surface area contributed by atoms with Crippen LogP contribution in [0.15, 0.2) is 16.8 Å². The second-order valence-electron chi connectivity index (χ2n) is 3.80. The van der Waals surface area contributed by atoms with Gasteiger partial charge in [0.2, 0.25) is 0 Å². The summed E-state index contributed by atoms with van der Waals surface area (Å²) >= 11 is 1.77. The number of aldehydes is 1. The molecule has 1 nitrogen and oxygen atoms in total. The molecule has 1 aromatic heterocycles. The minimum Gasteiger partial charge on any atom is -0.303 e. The van der Waals surface area contributed by atoms with Crippen LogP contribution in [0.25, 0.3) is 0 Å². The fourth-order valence-electron chi connectivity index (χ4n) is 2.10. The SMILES string of the molecule is O=CC1CCC(c2ccsc2)CC1. The van der Waals surface area contributed by atoms with Crippen molar-refractivity contribution in [2.24, 2.45) is 5.92 Å². The van der Waals surface area contributed by atoms with Crippen molar-refractivity contribution in [2.45, 2.75) is 31.6 Å². The third-order valence-corrected chi connectivity index (χ3v) is 3.68. The first-order valence-electron chi connectivity index (χ1n) is 4.87. The molecule has 0 unspecified atom stereocenters. The van der Waals surface area contributed by atoms with Crippen LogP contribution in [-0.2, 0) is 4.79 Å². The van der Waals surface area contributed by atoms with E-state index in [-0.39, 0.29) is 0 Å². The van der Waals surface area contributed by atoms with Gasteiger partial charge in [0.15, 0.2) is 0 Å². The van der Waals surface area contributed by atoms with E-state index in [4.69, 9.17) is 0 Å². The summed E-state index contributed by atoms with van der Waals surface area (Å²) in [6.07, 6.45) is 5.69. The lowest BCUT2D eigenvalue weighted by Crippen LogP contribution is -2.13. The molecule has 1 aromatic rings. The Labute approximate surface area is 82.8 Å². The molecule has 1 saturated carbocycles. The zero-order chi connectivity index (χ0) is 9.10. The highest BCUT2D eigenvalue weighted by Gasteiger charge is 2.21. The molecule has 0 aromatic carbocycles. The van der Waals surface area contributed by atoms with Crippen molar-refractivity contribution < 1.29 is 4.79 Å². The van der Waals surface area contributed by atoms with E-state index in [0.717, 1.165) is 25.0 Å². The molecular formula is C11H14OS. The average molecular weight is 194 g/mol. The van der Waals surface area contributed by atoms with Crippen molar-refractivity contribution in [3.8, 4) is 0 Å². The van der Waals surface area contributed by atoms with E-state index < -0.39 is 0 Å². The molecule has 0 saturated heterocycles. The van der Waals surface area contributed by atoms with Crippen molar-refractivity contribution in [3.63, 3.8) is 0 Å². The molecule has 0 radical (unpaired) electrons. The third-order valence-electron chi connectivity index (χ3n) is 2.98. The van der Waals surface area contributed by atoms with Gasteiger partial charge in [-0.3, -0.25) is 0 Å². The summed E-state index contributed by atoms with van der Waals surface area (Å²) in [5.74, 6) is 1.07. The van der Waals surface area contributed by atoms with Crippen molar-refractivity contribution in [2.75, 3.05) is 0 Å². The number of hydrogen-bond acceptors (Lipinski definition) is 2. The van der Waals surface area contributed by atoms with Crippen LogP contribution in [0, 0.1) is 5.92 Å². The molecule has 1 heterocycles. The lowest BCUT2D eigenvalue weighted by atomic mass is 9.80. The quantitative estimate of drug-likeness (QED) is 0.661. The summed E-state index contributed by atoms with van der Waals surface area (Å²) < 4.78 is 0. The van der Waals surface area contributed by atoms with Gasteiger partial charge in [0.1, 0.15) is 6.29 Å². The van der Waals surface area contributed by atoms with E-state index in [2.05, 4.69) is 16.8 Å². The molecule has 1 fully saturated rings. The van der Waals surface area contributed by atoms with Gasteiger partial charge in [-0.15, -0.1) is 0 Å². The minimum atomic E-state index is 0.342. The second kappa shape index (κ2) is 4.05. The van der Waals surface area contributed by atoms with E-state index in [0.29, 0.717) is 5.92 Å². The van der Waals surface area contributed by atoms with Gasteiger partial charge < -0.3 is 4.79 Å². The highest BCUT2D eigenvalue weighted by molar-refractivity contribution is 7.07. The van der Waals surface area contributed by atoms with Crippen LogP contribution in [0.3, 0.4) is 0 Å². The van der Waals surface area contributed by atoms with Crippen molar-refractivity contribution >= 4 is 17.6 Å². The van der Waals surface area contributed by atoms with Crippen molar-refractivity contribution in [3.05, 3.63) is 22.4 Å². The maximum absolute atomic E-state index is 10.6. The molecule has 0 spiro atoms. The van der Waals surface area contributed by atoms with Gasteiger partial charge in [-0.05, 0) is 54.0 Å². The average Bonchev–Trinajstić information content (AvgIpc) is 2.71. The maximum atomic E-state index is 10.6. The fraction of sp³-hybridized carbons (Fsp3) is 0.545. The highest BCUT2D eigenvalue weighted by atomic mass is 32.1. The van der Waals surface area contributed by atoms with Crippen LogP contribution >= 0.6 is 11.3 Å². The summed E-state index contributed by atoms with van der Waals surface area (Å²) in [4.78, 5) is 10.6. The Kier molecular flexibility index (Phi) is 2.79. The van der Waals surface area contributed by atoms with Gasteiger partial charge in [0.25, 0.3) is 0 Å². The summed E-state index contributed by atoms with van der Waals surface area (Å²) in [5.41, 5.74) is 1.48. The summed E-state index contributed by atoms with van der Waals surface area (Å²) in [6.45, 7) is 0. The minimum absolute atomic E-state index is 0.342. The van der Waals surface area contributed by atoms with Crippen LogP contribution in [0.1, 0.15) is 37.2 Å². The molecule has 0 amide bonds. The van der Waals surface area contributed by atoms with E-state index in [1.165, 1.54) is 18.4 Å². The number of thiophene rings is 1. The molecule has 70 valence electrons. The molecular weight excluding hydrogens is 180 g/mol. The highest BCUT2D eigenvalue weighted by Crippen LogP contribution is 2.35. The van der Waals surface area contributed by atoms with Gasteiger partial charge in [0.05, 0.1) is 0 Å². The Morgan fingerprint density at radius 1 is 1.31 bits per heavy atom. The number of rotatable bonds is 2. The molecule has 0 N–H and O–H groups in total. The molecule has 0 aliphatic heterocycles. The predicted octanol–water partition coefficient (Wildman–Crippen LogP) is 3.22. The lowest BCUT2D eigenvalue weighted by Gasteiger charge is -2.24. The largest absolute Gasteiger partial charge is 0.303 e. The van der Waals surface area contributed by atoms with E-state index in [1.54, 1.807) is 11.3 Å². The molecule has 0 bridgehead atoms. The monoisotopic (exact) mass is 194 g/mol. The van der Waals surface area contributed by atoms with Crippen molar-refractivity contribution in [1.82, 2.24) is 0 Å². The molecule has 1 aliphatic rings. The Morgan fingerprint density at radius 3 is 2.62 bits per heavy atom. The number of carbonyl (C=O) groups is 1. The third kappa shape index (κ3) is 1.99. The first-order chi connectivity index (χ1) is 6.40. The molecule has 2 heteroatoms. The summed E-state index contributed by atoms with van der Waals surface area (Å²) in [5, 5.41) is 4.38. The normalized spacial score (nSPS) is 28.6. The first kappa shape index (κ1) is 8.95. The molecule has 0 atom stereocenters. The van der Waals surface area contributed by atoms with Gasteiger partial charge in [0, 0.05) is 5.92 Å². The maximum Gasteiger partial charge on any atom is 0.123 e. The lowest BCUT2D eigenvalue weighted by molar-refractivity contribution is -0.111. The van der Waals surface area contributed by atoms with Crippen LogP contribution < -0.4 is 0 Å². The van der Waals surface area contributed by atoms with Crippen LogP contribution in [-0.4, -0.2) is 6.29 Å². The Hall–Kier alpha value is -0.630. The van der Waals surface area contributed by atoms with Gasteiger partial charge in [-0.25, -0.2) is 0 Å². The Balaban J connectivity index is 1.95. The standard InChI is InChI=1S/C11H14OS/c12-7-9-1-3-10(4-2-9)11-5-6-13-8-11/h5-10H,1-4H2. The zero-order valence-corrected chi connectivity index (χ0v) is 8.43. The van der Waals surface area contributed by atoms with Gasteiger partial charge >= 0.3 is 0 Å². The fourth-order valence-corrected chi connectivity index (χ4v) is 2.84. The topological polar surface area (TPSA) is 17.1 Å². The summed E-state index contributed by atoms with van der Waals surface area (Å²) in [6, 6.07) is 2.22. The second-order valence-corrected chi connectivity index (χ2v) is 4.58. The summed E-state index contributed by atoms with van der Waals surface area (Å²) in [7, 11) is 0. The van der Waals surface area contributed by atoms with E-state index in [1.807, 2.05) is 0 Å². The molecule has 2 rings (SSSR count). The Bertz CT molecular complexity index is 258. The zero-order valence-electron chi connectivity index (χ0n) is 7.61. The Morgan fingerprint density at radius 2 is 2.08 bits per heavy atom. The first-order valence-corrected chi connectivity index (χ1v) is 5.82. The van der Waals surface area contributed by atoms with E-state index >= 15 is 0 Å². The van der Waals surface area contributed by atoms with Crippen molar-refractivity contribution in [1.29, 1.82) is 0 Å². The van der Waals surface area contributed by atoms with Gasteiger partial charge in [-0.1, -0.05) is 0 Å². The van der Waals surface area contributed by atoms with Crippen LogP contribution in [0.2, 0.25) is 0 Å². The van der Waals surface area contributed by atoms with Crippen LogP contribution in [0.5, 0.6) is 0 Å². The molecule has 1 aliphatic carbocycles. The van der Waals surface area contributed by atoms with E-state index in [9.17, 15) is 4.79 Å². The number of carbonyl (C=O) groups excluding carboxylic acids is 1. The smallest absolute Gasteiger partial charge is 0.123 e. The van der Waals surface area contributed by atoms with Gasteiger partial charge in [-0.2, -0.15) is 11.3 Å². The number of hydrogen-bond donors (Lipinski definition) is 0. The van der Waals surface area contributed by atoms with Crippen LogP contribution in [0.4, 0.5) is 0 Å². The predicted molar refractivity (Wildman–Crippen MR) is 55.1 cm³/mol. The molecule has 13 heavy (non-hydrogen) atoms.